The number of rotatable bonds is 4. The van der Waals surface area contributed by atoms with Gasteiger partial charge in [0, 0.05) is 6.04 Å². The van der Waals surface area contributed by atoms with Crippen LogP contribution < -0.4 is 5.32 Å². The van der Waals surface area contributed by atoms with Gasteiger partial charge in [-0.2, -0.15) is 0 Å². The highest BCUT2D eigenvalue weighted by atomic mass is 32.2. The van der Waals surface area contributed by atoms with Crippen LogP contribution in [0.15, 0.2) is 42.5 Å². The third-order valence-corrected chi connectivity index (χ3v) is 5.69. The molecule has 1 fully saturated rings. The molecule has 2 aromatic rings. The van der Waals surface area contributed by atoms with Crippen LogP contribution in [0.2, 0.25) is 0 Å². The average molecular weight is 347 g/mol. The molecule has 3 rings (SSSR count). The van der Waals surface area contributed by atoms with Gasteiger partial charge in [-0.05, 0) is 29.3 Å². The molecule has 1 amide bonds. The number of fused-ring (bicyclic) bond motifs is 1. The number of hydrogen-bond acceptors (Lipinski definition) is 5. The molecule has 6 nitrogen and oxygen atoms in total. The maximum absolute atomic E-state index is 12.0. The third kappa shape index (κ3) is 3.91. The Morgan fingerprint density at radius 1 is 1.12 bits per heavy atom. The summed E-state index contributed by atoms with van der Waals surface area (Å²) < 4.78 is 27.7. The van der Waals surface area contributed by atoms with Crippen molar-refractivity contribution in [2.75, 3.05) is 18.1 Å². The molecule has 126 valence electrons. The Morgan fingerprint density at radius 3 is 2.58 bits per heavy atom. The Morgan fingerprint density at radius 2 is 1.88 bits per heavy atom. The molecule has 7 heteroatoms. The van der Waals surface area contributed by atoms with Crippen molar-refractivity contribution >= 4 is 32.5 Å². The van der Waals surface area contributed by atoms with Gasteiger partial charge in [-0.3, -0.25) is 4.79 Å². The number of nitrogens with one attached hydrogen (secondary N) is 1. The Kier molecular flexibility index (Phi) is 4.53. The summed E-state index contributed by atoms with van der Waals surface area (Å²) >= 11 is 0. The Labute approximate surface area is 139 Å². The lowest BCUT2D eigenvalue weighted by Gasteiger charge is -2.11. The number of sulfone groups is 1. The molecule has 1 unspecified atom stereocenters. The molecular formula is C17H17NO5S. The van der Waals surface area contributed by atoms with E-state index in [1.807, 2.05) is 30.3 Å². The summed E-state index contributed by atoms with van der Waals surface area (Å²) in [6.07, 6.45) is 0.396. The number of ether oxygens (including phenoxy) is 1. The standard InChI is InChI=1S/C17H17NO5S/c19-16(18-15-7-8-24(21,22)11-15)10-23-17(20)14-6-5-12-3-1-2-4-13(12)9-14/h1-6,9,15H,7-8,10-11H2,(H,18,19). The average Bonchev–Trinajstić information content (AvgIpc) is 2.90. The highest BCUT2D eigenvalue weighted by molar-refractivity contribution is 7.91. The zero-order valence-electron chi connectivity index (χ0n) is 12.9. The Hall–Kier alpha value is -2.41. The second kappa shape index (κ2) is 6.60. The highest BCUT2D eigenvalue weighted by Gasteiger charge is 2.29. The van der Waals surface area contributed by atoms with Crippen LogP contribution in [0.3, 0.4) is 0 Å². The van der Waals surface area contributed by atoms with Crippen molar-refractivity contribution in [1.29, 1.82) is 0 Å². The first-order valence-electron chi connectivity index (χ1n) is 7.59. The van der Waals surface area contributed by atoms with E-state index in [1.165, 1.54) is 0 Å². The summed E-state index contributed by atoms with van der Waals surface area (Å²) in [7, 11) is -3.06. The summed E-state index contributed by atoms with van der Waals surface area (Å²) in [6, 6.07) is 12.4. The maximum Gasteiger partial charge on any atom is 0.338 e. The first-order valence-corrected chi connectivity index (χ1v) is 9.41. The molecular weight excluding hydrogens is 330 g/mol. The molecule has 2 aromatic carbocycles. The van der Waals surface area contributed by atoms with E-state index in [4.69, 9.17) is 4.74 Å². The molecule has 24 heavy (non-hydrogen) atoms. The summed E-state index contributed by atoms with van der Waals surface area (Å²) in [4.78, 5) is 23.8. The number of carbonyl (C=O) groups is 2. The van der Waals surface area contributed by atoms with E-state index in [2.05, 4.69) is 5.32 Å². The maximum atomic E-state index is 12.0. The number of esters is 1. The molecule has 0 saturated carbocycles. The number of amides is 1. The third-order valence-electron chi connectivity index (χ3n) is 3.92. The van der Waals surface area contributed by atoms with Crippen LogP contribution in [0, 0.1) is 0 Å². The largest absolute Gasteiger partial charge is 0.452 e. The predicted molar refractivity (Wildman–Crippen MR) is 89.4 cm³/mol. The number of hydrogen-bond donors (Lipinski definition) is 1. The zero-order valence-corrected chi connectivity index (χ0v) is 13.7. The van der Waals surface area contributed by atoms with Crippen molar-refractivity contribution in [3.8, 4) is 0 Å². The fraction of sp³-hybridized carbons (Fsp3) is 0.294. The van der Waals surface area contributed by atoms with Gasteiger partial charge in [-0.25, -0.2) is 13.2 Å². The predicted octanol–water partition coefficient (Wildman–Crippen LogP) is 1.30. The molecule has 1 heterocycles. The highest BCUT2D eigenvalue weighted by Crippen LogP contribution is 2.16. The lowest BCUT2D eigenvalue weighted by molar-refractivity contribution is -0.124. The molecule has 1 saturated heterocycles. The van der Waals surface area contributed by atoms with Gasteiger partial charge in [0.2, 0.25) is 0 Å². The number of benzene rings is 2. The van der Waals surface area contributed by atoms with Crippen molar-refractivity contribution in [2.24, 2.45) is 0 Å². The van der Waals surface area contributed by atoms with Gasteiger partial charge < -0.3 is 10.1 Å². The molecule has 1 aliphatic heterocycles. The van der Waals surface area contributed by atoms with Crippen molar-refractivity contribution in [2.45, 2.75) is 12.5 Å². The van der Waals surface area contributed by atoms with Crippen LogP contribution in [-0.2, 0) is 19.4 Å². The van der Waals surface area contributed by atoms with Crippen LogP contribution in [0.25, 0.3) is 10.8 Å². The summed E-state index contributed by atoms with van der Waals surface area (Å²) in [5, 5.41) is 4.49. The van der Waals surface area contributed by atoms with E-state index in [0.29, 0.717) is 12.0 Å². The molecule has 0 aliphatic carbocycles. The fourth-order valence-corrected chi connectivity index (χ4v) is 4.38. The molecule has 0 spiro atoms. The minimum Gasteiger partial charge on any atom is -0.452 e. The Balaban J connectivity index is 1.55. The summed E-state index contributed by atoms with van der Waals surface area (Å²) in [5.74, 6) is -1.06. The van der Waals surface area contributed by atoms with Crippen LogP contribution >= 0.6 is 0 Å². The zero-order chi connectivity index (χ0) is 17.2. The van der Waals surface area contributed by atoms with Gasteiger partial charge in [0.05, 0.1) is 17.1 Å². The van der Waals surface area contributed by atoms with Gasteiger partial charge in [0.1, 0.15) is 0 Å². The second-order valence-electron chi connectivity index (χ2n) is 5.81. The van der Waals surface area contributed by atoms with Crippen LogP contribution in [-0.4, -0.2) is 44.4 Å². The quantitative estimate of drug-likeness (QED) is 0.842. The van der Waals surface area contributed by atoms with Crippen LogP contribution in [0.5, 0.6) is 0 Å². The van der Waals surface area contributed by atoms with Gasteiger partial charge in [-0.1, -0.05) is 30.3 Å². The van der Waals surface area contributed by atoms with Gasteiger partial charge in [0.25, 0.3) is 5.91 Å². The van der Waals surface area contributed by atoms with E-state index in [9.17, 15) is 18.0 Å². The minimum atomic E-state index is -3.06. The van der Waals surface area contributed by atoms with E-state index in [1.54, 1.807) is 12.1 Å². The first-order chi connectivity index (χ1) is 11.4. The van der Waals surface area contributed by atoms with Gasteiger partial charge >= 0.3 is 5.97 Å². The molecule has 1 N–H and O–H groups in total. The minimum absolute atomic E-state index is 0.0582. The molecule has 0 aromatic heterocycles. The first kappa shape index (κ1) is 16.4. The summed E-state index contributed by atoms with van der Waals surface area (Å²) in [5.41, 5.74) is 0.366. The van der Waals surface area contributed by atoms with E-state index >= 15 is 0 Å². The SMILES string of the molecule is O=C(COC(=O)c1ccc2ccccc2c1)NC1CCS(=O)(=O)C1. The van der Waals surface area contributed by atoms with Crippen molar-refractivity contribution in [3.63, 3.8) is 0 Å². The molecule has 1 atom stereocenters. The van der Waals surface area contributed by atoms with Crippen molar-refractivity contribution in [1.82, 2.24) is 5.32 Å². The summed E-state index contributed by atoms with van der Waals surface area (Å²) in [6.45, 7) is -0.428. The molecule has 0 bridgehead atoms. The number of carbonyl (C=O) groups excluding carboxylic acids is 2. The molecule has 1 aliphatic rings. The van der Waals surface area contributed by atoms with Crippen LogP contribution in [0.1, 0.15) is 16.8 Å². The van der Waals surface area contributed by atoms with E-state index in [0.717, 1.165) is 10.8 Å². The van der Waals surface area contributed by atoms with Crippen molar-refractivity contribution in [3.05, 3.63) is 48.0 Å². The monoisotopic (exact) mass is 347 g/mol. The second-order valence-corrected chi connectivity index (χ2v) is 8.03. The van der Waals surface area contributed by atoms with Crippen LogP contribution in [0.4, 0.5) is 0 Å². The molecule has 0 radical (unpaired) electrons. The normalized spacial score (nSPS) is 19.1. The Bertz CT molecular complexity index is 891. The van der Waals surface area contributed by atoms with Crippen molar-refractivity contribution < 1.29 is 22.7 Å². The fourth-order valence-electron chi connectivity index (χ4n) is 2.71. The topological polar surface area (TPSA) is 89.5 Å². The lowest BCUT2D eigenvalue weighted by Crippen LogP contribution is -2.38. The van der Waals surface area contributed by atoms with Gasteiger partial charge in [0.15, 0.2) is 16.4 Å². The van der Waals surface area contributed by atoms with E-state index in [-0.39, 0.29) is 11.5 Å². The van der Waals surface area contributed by atoms with E-state index < -0.39 is 34.4 Å². The smallest absolute Gasteiger partial charge is 0.338 e. The lowest BCUT2D eigenvalue weighted by atomic mass is 10.1. The van der Waals surface area contributed by atoms with Gasteiger partial charge in [-0.15, -0.1) is 0 Å².